The zero-order chi connectivity index (χ0) is 17.5. The first-order chi connectivity index (χ1) is 11.5. The van der Waals surface area contributed by atoms with Crippen LogP contribution in [0.2, 0.25) is 5.02 Å². The second-order valence-electron chi connectivity index (χ2n) is 4.62. The normalized spacial score (nSPS) is 10.6. The second-order valence-corrected chi connectivity index (χ2v) is 5.03. The Morgan fingerprint density at radius 3 is 2.50 bits per heavy atom. The highest BCUT2D eigenvalue weighted by Crippen LogP contribution is 2.18. The summed E-state index contributed by atoms with van der Waals surface area (Å²) in [7, 11) is 0. The van der Waals surface area contributed by atoms with E-state index < -0.39 is 24.2 Å². The van der Waals surface area contributed by atoms with Gasteiger partial charge in [-0.15, -0.1) is 0 Å². The van der Waals surface area contributed by atoms with Crippen LogP contribution in [0.25, 0.3) is 0 Å². The summed E-state index contributed by atoms with van der Waals surface area (Å²) in [4.78, 5) is 23.4. The molecule has 0 bridgehead atoms. The first-order valence-electron chi connectivity index (χ1n) is 6.77. The Kier molecular flexibility index (Phi) is 5.97. The quantitative estimate of drug-likeness (QED) is 0.642. The molecule has 0 aliphatic rings. The third kappa shape index (κ3) is 4.85. The fraction of sp³-hybridized carbons (Fsp3) is 0.0625. The summed E-state index contributed by atoms with van der Waals surface area (Å²) >= 11 is 5.75. The molecule has 24 heavy (non-hydrogen) atoms. The van der Waals surface area contributed by atoms with Crippen LogP contribution in [-0.2, 0) is 4.79 Å². The van der Waals surface area contributed by atoms with Gasteiger partial charge in [0.1, 0.15) is 11.6 Å². The third-order valence-electron chi connectivity index (χ3n) is 2.87. The molecule has 124 valence electrons. The van der Waals surface area contributed by atoms with Crippen molar-refractivity contribution in [2.45, 2.75) is 0 Å². The van der Waals surface area contributed by atoms with Crippen LogP contribution in [0.4, 0.5) is 8.78 Å². The van der Waals surface area contributed by atoms with Gasteiger partial charge >= 0.3 is 0 Å². The number of benzene rings is 2. The topological polar surface area (TPSA) is 70.6 Å². The van der Waals surface area contributed by atoms with Crippen molar-refractivity contribution >= 4 is 29.6 Å². The number of carbonyl (C=O) groups excluding carboxylic acids is 2. The van der Waals surface area contributed by atoms with Crippen molar-refractivity contribution in [2.24, 2.45) is 5.10 Å². The van der Waals surface area contributed by atoms with E-state index >= 15 is 0 Å². The zero-order valence-corrected chi connectivity index (χ0v) is 13.0. The minimum Gasteiger partial charge on any atom is -0.343 e. The van der Waals surface area contributed by atoms with Crippen molar-refractivity contribution in [3.8, 4) is 0 Å². The molecule has 0 heterocycles. The Bertz CT molecular complexity index is 759. The summed E-state index contributed by atoms with van der Waals surface area (Å²) in [5, 5.41) is 5.84. The number of nitrogens with zero attached hydrogens (tertiary/aromatic N) is 1. The van der Waals surface area contributed by atoms with Crippen LogP contribution in [0, 0.1) is 11.6 Å². The zero-order valence-electron chi connectivity index (χ0n) is 12.2. The highest BCUT2D eigenvalue weighted by atomic mass is 35.5. The molecule has 0 spiro atoms. The SMILES string of the molecule is O=C(CNC(=O)c1c(F)cccc1Cl)N/N=C/c1ccc(F)cc1. The van der Waals surface area contributed by atoms with E-state index in [0.29, 0.717) is 5.56 Å². The van der Waals surface area contributed by atoms with Gasteiger partial charge < -0.3 is 5.32 Å². The average Bonchev–Trinajstić information content (AvgIpc) is 2.54. The van der Waals surface area contributed by atoms with E-state index in [4.69, 9.17) is 11.6 Å². The summed E-state index contributed by atoms with van der Waals surface area (Å²) < 4.78 is 26.3. The number of nitrogens with one attached hydrogen (secondary N) is 2. The van der Waals surface area contributed by atoms with Crippen LogP contribution in [0.5, 0.6) is 0 Å². The van der Waals surface area contributed by atoms with Crippen LogP contribution in [0.1, 0.15) is 15.9 Å². The Morgan fingerprint density at radius 2 is 1.83 bits per heavy atom. The Labute approximate surface area is 141 Å². The monoisotopic (exact) mass is 351 g/mol. The van der Waals surface area contributed by atoms with E-state index in [-0.39, 0.29) is 16.4 Å². The second kappa shape index (κ2) is 8.16. The van der Waals surface area contributed by atoms with Crippen LogP contribution in [-0.4, -0.2) is 24.6 Å². The third-order valence-corrected chi connectivity index (χ3v) is 3.19. The molecule has 0 aliphatic carbocycles. The van der Waals surface area contributed by atoms with Gasteiger partial charge in [0, 0.05) is 0 Å². The average molecular weight is 352 g/mol. The van der Waals surface area contributed by atoms with Gasteiger partial charge in [0.05, 0.1) is 23.3 Å². The first-order valence-corrected chi connectivity index (χ1v) is 7.15. The van der Waals surface area contributed by atoms with Crippen LogP contribution < -0.4 is 10.7 Å². The lowest BCUT2D eigenvalue weighted by atomic mass is 10.2. The molecular weight excluding hydrogens is 340 g/mol. The van der Waals surface area contributed by atoms with Gasteiger partial charge in [-0.25, -0.2) is 14.2 Å². The fourth-order valence-corrected chi connectivity index (χ4v) is 1.98. The van der Waals surface area contributed by atoms with Gasteiger partial charge in [-0.3, -0.25) is 9.59 Å². The number of rotatable bonds is 5. The molecule has 2 rings (SSSR count). The Hall–Kier alpha value is -2.80. The summed E-state index contributed by atoms with van der Waals surface area (Å²) in [5.41, 5.74) is 2.43. The van der Waals surface area contributed by atoms with Gasteiger partial charge in [-0.1, -0.05) is 29.8 Å². The van der Waals surface area contributed by atoms with E-state index in [1.807, 2.05) is 0 Å². The standard InChI is InChI=1S/C16H12ClF2N3O2/c17-12-2-1-3-13(19)15(12)16(24)20-9-14(23)22-21-8-10-4-6-11(18)7-5-10/h1-8H,9H2,(H,20,24)(H,22,23)/b21-8+. The fourth-order valence-electron chi connectivity index (χ4n) is 1.73. The van der Waals surface area contributed by atoms with E-state index in [9.17, 15) is 18.4 Å². The van der Waals surface area contributed by atoms with Crippen molar-refractivity contribution in [3.05, 3.63) is 70.2 Å². The summed E-state index contributed by atoms with van der Waals surface area (Å²) in [6, 6.07) is 9.29. The predicted octanol–water partition coefficient (Wildman–Crippen LogP) is 2.50. The van der Waals surface area contributed by atoms with E-state index in [1.165, 1.54) is 42.6 Å². The lowest BCUT2D eigenvalue weighted by molar-refractivity contribution is -0.120. The Morgan fingerprint density at radius 1 is 1.12 bits per heavy atom. The van der Waals surface area contributed by atoms with E-state index in [2.05, 4.69) is 15.8 Å². The maximum Gasteiger partial charge on any atom is 0.259 e. The predicted molar refractivity (Wildman–Crippen MR) is 85.9 cm³/mol. The maximum atomic E-state index is 13.5. The summed E-state index contributed by atoms with van der Waals surface area (Å²) in [6.07, 6.45) is 1.31. The van der Waals surface area contributed by atoms with Crippen molar-refractivity contribution in [2.75, 3.05) is 6.54 Å². The van der Waals surface area contributed by atoms with Crippen molar-refractivity contribution in [1.82, 2.24) is 10.7 Å². The largest absolute Gasteiger partial charge is 0.343 e. The number of hydrogen-bond acceptors (Lipinski definition) is 3. The molecule has 5 nitrogen and oxygen atoms in total. The highest BCUT2D eigenvalue weighted by Gasteiger charge is 2.16. The maximum absolute atomic E-state index is 13.5. The summed E-state index contributed by atoms with van der Waals surface area (Å²) in [5.74, 6) is -2.59. The highest BCUT2D eigenvalue weighted by molar-refractivity contribution is 6.33. The number of amides is 2. The molecular formula is C16H12ClF2N3O2. The molecule has 0 saturated carbocycles. The minimum atomic E-state index is -0.809. The Balaban J connectivity index is 1.85. The van der Waals surface area contributed by atoms with Crippen LogP contribution in [0.15, 0.2) is 47.6 Å². The lowest BCUT2D eigenvalue weighted by Crippen LogP contribution is -2.35. The van der Waals surface area contributed by atoms with E-state index in [1.54, 1.807) is 0 Å². The lowest BCUT2D eigenvalue weighted by Gasteiger charge is -2.06. The van der Waals surface area contributed by atoms with Gasteiger partial charge in [-0.2, -0.15) is 5.10 Å². The number of hydrazone groups is 1. The molecule has 0 unspecified atom stereocenters. The number of carbonyl (C=O) groups is 2. The molecule has 2 aromatic carbocycles. The molecule has 0 aliphatic heterocycles. The molecule has 0 fully saturated rings. The van der Waals surface area contributed by atoms with Crippen molar-refractivity contribution in [3.63, 3.8) is 0 Å². The van der Waals surface area contributed by atoms with Crippen molar-refractivity contribution < 1.29 is 18.4 Å². The summed E-state index contributed by atoms with van der Waals surface area (Å²) in [6.45, 7) is -0.412. The van der Waals surface area contributed by atoms with Gasteiger partial charge in [0.2, 0.25) is 0 Å². The van der Waals surface area contributed by atoms with Gasteiger partial charge in [0.25, 0.3) is 11.8 Å². The molecule has 2 N–H and O–H groups in total. The van der Waals surface area contributed by atoms with Crippen LogP contribution >= 0.6 is 11.6 Å². The molecule has 0 aromatic heterocycles. The molecule has 0 atom stereocenters. The molecule has 2 aromatic rings. The molecule has 0 saturated heterocycles. The van der Waals surface area contributed by atoms with Gasteiger partial charge in [0.15, 0.2) is 0 Å². The molecule has 0 radical (unpaired) electrons. The van der Waals surface area contributed by atoms with Crippen molar-refractivity contribution in [1.29, 1.82) is 0 Å². The molecule has 2 amide bonds. The number of hydrogen-bond donors (Lipinski definition) is 2. The smallest absolute Gasteiger partial charge is 0.259 e. The van der Waals surface area contributed by atoms with Gasteiger partial charge in [-0.05, 0) is 29.8 Å². The van der Waals surface area contributed by atoms with Crippen LogP contribution in [0.3, 0.4) is 0 Å². The van der Waals surface area contributed by atoms with E-state index in [0.717, 1.165) is 6.07 Å². The number of halogens is 3. The first kappa shape index (κ1) is 17.6. The minimum absolute atomic E-state index is 0.0535. The molecule has 8 heteroatoms.